The second kappa shape index (κ2) is 5.52. The van der Waals surface area contributed by atoms with Crippen LogP contribution < -0.4 is 15.4 Å². The second-order valence-electron chi connectivity index (χ2n) is 4.91. The Morgan fingerprint density at radius 2 is 1.76 bits per heavy atom. The molecular weight excluding hydrogens is 212 g/mol. The van der Waals surface area contributed by atoms with Crippen LogP contribution in [0.1, 0.15) is 32.4 Å². The average Bonchev–Trinajstić information content (AvgIpc) is 2.30. The molecule has 1 aliphatic rings. The number of hydrogen-bond donors (Lipinski definition) is 2. The molecule has 0 radical (unpaired) electrons. The SMILES string of the molecule is CC(C)Oc1ccc(C2NCCNC2C)cc1. The number of rotatable bonds is 3. The highest BCUT2D eigenvalue weighted by Crippen LogP contribution is 2.22. The third kappa shape index (κ3) is 3.20. The highest BCUT2D eigenvalue weighted by molar-refractivity contribution is 5.30. The summed E-state index contributed by atoms with van der Waals surface area (Å²) in [4.78, 5) is 0. The Morgan fingerprint density at radius 3 is 2.35 bits per heavy atom. The molecule has 1 aromatic carbocycles. The van der Waals surface area contributed by atoms with E-state index in [2.05, 4.69) is 41.8 Å². The topological polar surface area (TPSA) is 33.3 Å². The minimum atomic E-state index is 0.231. The molecular formula is C14H22N2O. The van der Waals surface area contributed by atoms with Crippen LogP contribution in [0.5, 0.6) is 5.75 Å². The summed E-state index contributed by atoms with van der Waals surface area (Å²) >= 11 is 0. The number of hydrogen-bond acceptors (Lipinski definition) is 3. The van der Waals surface area contributed by atoms with E-state index < -0.39 is 0 Å². The third-order valence-corrected chi connectivity index (χ3v) is 3.07. The summed E-state index contributed by atoms with van der Waals surface area (Å²) in [6.07, 6.45) is 0.231. The molecule has 2 atom stereocenters. The Labute approximate surface area is 104 Å². The standard InChI is InChI=1S/C14H22N2O/c1-10(2)17-13-6-4-12(5-7-13)14-11(3)15-8-9-16-14/h4-7,10-11,14-16H,8-9H2,1-3H3. The van der Waals surface area contributed by atoms with Crippen LogP contribution in [0.15, 0.2) is 24.3 Å². The largest absolute Gasteiger partial charge is 0.491 e. The van der Waals surface area contributed by atoms with Gasteiger partial charge in [-0.1, -0.05) is 12.1 Å². The molecule has 1 heterocycles. The summed E-state index contributed by atoms with van der Waals surface area (Å²) in [6.45, 7) is 8.38. The van der Waals surface area contributed by atoms with Crippen molar-refractivity contribution in [3.05, 3.63) is 29.8 Å². The molecule has 1 saturated heterocycles. The normalized spacial score (nSPS) is 24.9. The lowest BCUT2D eigenvalue weighted by atomic mass is 9.98. The first-order valence-electron chi connectivity index (χ1n) is 6.40. The zero-order chi connectivity index (χ0) is 12.3. The molecule has 1 aliphatic heterocycles. The van der Waals surface area contributed by atoms with Crippen LogP contribution in [-0.2, 0) is 0 Å². The van der Waals surface area contributed by atoms with Gasteiger partial charge in [-0.25, -0.2) is 0 Å². The van der Waals surface area contributed by atoms with Crippen molar-refractivity contribution < 1.29 is 4.74 Å². The number of piperazine rings is 1. The first-order valence-corrected chi connectivity index (χ1v) is 6.40. The monoisotopic (exact) mass is 234 g/mol. The molecule has 3 nitrogen and oxygen atoms in total. The van der Waals surface area contributed by atoms with Crippen LogP contribution in [0.2, 0.25) is 0 Å². The molecule has 0 amide bonds. The van der Waals surface area contributed by atoms with Crippen LogP contribution in [0.4, 0.5) is 0 Å². The van der Waals surface area contributed by atoms with Gasteiger partial charge >= 0.3 is 0 Å². The number of ether oxygens (including phenoxy) is 1. The van der Waals surface area contributed by atoms with Crippen molar-refractivity contribution in [2.45, 2.75) is 39.0 Å². The van der Waals surface area contributed by atoms with E-state index in [4.69, 9.17) is 4.74 Å². The average molecular weight is 234 g/mol. The summed E-state index contributed by atoms with van der Waals surface area (Å²) in [6, 6.07) is 9.28. The molecule has 1 fully saturated rings. The van der Waals surface area contributed by atoms with Crippen LogP contribution in [-0.4, -0.2) is 25.2 Å². The lowest BCUT2D eigenvalue weighted by Crippen LogP contribution is -2.48. The maximum absolute atomic E-state index is 5.65. The van der Waals surface area contributed by atoms with Gasteiger partial charge in [0.25, 0.3) is 0 Å². The Balaban J connectivity index is 2.06. The Hall–Kier alpha value is -1.06. The van der Waals surface area contributed by atoms with Gasteiger partial charge in [0, 0.05) is 25.2 Å². The molecule has 0 aromatic heterocycles. The molecule has 0 aliphatic carbocycles. The van der Waals surface area contributed by atoms with Crippen molar-refractivity contribution in [1.82, 2.24) is 10.6 Å². The van der Waals surface area contributed by atoms with Gasteiger partial charge in [0.15, 0.2) is 0 Å². The highest BCUT2D eigenvalue weighted by Gasteiger charge is 2.21. The zero-order valence-corrected chi connectivity index (χ0v) is 10.9. The van der Waals surface area contributed by atoms with E-state index in [1.165, 1.54) is 5.56 Å². The van der Waals surface area contributed by atoms with Gasteiger partial charge in [-0.2, -0.15) is 0 Å². The molecule has 2 rings (SSSR count). The quantitative estimate of drug-likeness (QED) is 0.840. The van der Waals surface area contributed by atoms with Crippen molar-refractivity contribution in [1.29, 1.82) is 0 Å². The molecule has 94 valence electrons. The fraction of sp³-hybridized carbons (Fsp3) is 0.571. The number of nitrogens with one attached hydrogen (secondary N) is 2. The zero-order valence-electron chi connectivity index (χ0n) is 10.9. The Bertz CT molecular complexity index is 348. The highest BCUT2D eigenvalue weighted by atomic mass is 16.5. The minimum absolute atomic E-state index is 0.231. The Morgan fingerprint density at radius 1 is 1.12 bits per heavy atom. The van der Waals surface area contributed by atoms with Crippen LogP contribution in [0, 0.1) is 0 Å². The molecule has 0 saturated carbocycles. The van der Waals surface area contributed by atoms with E-state index in [1.807, 2.05) is 13.8 Å². The molecule has 2 N–H and O–H groups in total. The predicted molar refractivity (Wildman–Crippen MR) is 70.4 cm³/mol. The van der Waals surface area contributed by atoms with Crippen molar-refractivity contribution in [3.63, 3.8) is 0 Å². The van der Waals surface area contributed by atoms with Gasteiger partial charge in [0.1, 0.15) is 5.75 Å². The lowest BCUT2D eigenvalue weighted by Gasteiger charge is -2.31. The molecule has 0 spiro atoms. The summed E-state index contributed by atoms with van der Waals surface area (Å²) in [7, 11) is 0. The van der Waals surface area contributed by atoms with E-state index in [-0.39, 0.29) is 6.10 Å². The van der Waals surface area contributed by atoms with E-state index >= 15 is 0 Å². The van der Waals surface area contributed by atoms with E-state index in [0.717, 1.165) is 18.8 Å². The number of benzene rings is 1. The van der Waals surface area contributed by atoms with Crippen LogP contribution in [0.3, 0.4) is 0 Å². The molecule has 0 bridgehead atoms. The predicted octanol–water partition coefficient (Wildman–Crippen LogP) is 2.10. The smallest absolute Gasteiger partial charge is 0.119 e. The van der Waals surface area contributed by atoms with Gasteiger partial charge in [0.2, 0.25) is 0 Å². The first-order chi connectivity index (χ1) is 8.16. The van der Waals surface area contributed by atoms with Gasteiger partial charge in [-0.05, 0) is 38.5 Å². The van der Waals surface area contributed by atoms with Crippen LogP contribution in [0.25, 0.3) is 0 Å². The maximum Gasteiger partial charge on any atom is 0.119 e. The van der Waals surface area contributed by atoms with E-state index in [0.29, 0.717) is 12.1 Å². The first kappa shape index (κ1) is 12.4. The molecule has 2 unspecified atom stereocenters. The summed E-state index contributed by atoms with van der Waals surface area (Å²) in [5.74, 6) is 0.945. The van der Waals surface area contributed by atoms with E-state index in [1.54, 1.807) is 0 Å². The molecule has 3 heteroatoms. The fourth-order valence-electron chi connectivity index (χ4n) is 2.25. The summed E-state index contributed by atoms with van der Waals surface area (Å²) in [5, 5.41) is 7.03. The van der Waals surface area contributed by atoms with Gasteiger partial charge < -0.3 is 15.4 Å². The van der Waals surface area contributed by atoms with Crippen molar-refractivity contribution in [2.75, 3.05) is 13.1 Å². The maximum atomic E-state index is 5.65. The van der Waals surface area contributed by atoms with Crippen molar-refractivity contribution >= 4 is 0 Å². The Kier molecular flexibility index (Phi) is 4.02. The van der Waals surface area contributed by atoms with E-state index in [9.17, 15) is 0 Å². The lowest BCUT2D eigenvalue weighted by molar-refractivity contribution is 0.242. The summed E-state index contributed by atoms with van der Waals surface area (Å²) in [5.41, 5.74) is 1.32. The van der Waals surface area contributed by atoms with Gasteiger partial charge in [0.05, 0.1) is 6.10 Å². The van der Waals surface area contributed by atoms with Gasteiger partial charge in [-0.3, -0.25) is 0 Å². The minimum Gasteiger partial charge on any atom is -0.491 e. The van der Waals surface area contributed by atoms with Crippen molar-refractivity contribution in [2.24, 2.45) is 0 Å². The summed E-state index contributed by atoms with van der Waals surface area (Å²) < 4.78 is 5.65. The third-order valence-electron chi connectivity index (χ3n) is 3.07. The molecule has 1 aromatic rings. The van der Waals surface area contributed by atoms with Gasteiger partial charge in [-0.15, -0.1) is 0 Å². The van der Waals surface area contributed by atoms with Crippen molar-refractivity contribution in [3.8, 4) is 5.75 Å². The van der Waals surface area contributed by atoms with Crippen LogP contribution >= 0.6 is 0 Å². The fourth-order valence-corrected chi connectivity index (χ4v) is 2.25. The second-order valence-corrected chi connectivity index (χ2v) is 4.91. The molecule has 17 heavy (non-hydrogen) atoms.